The van der Waals surface area contributed by atoms with Gasteiger partial charge in [-0.15, -0.1) is 0 Å². The van der Waals surface area contributed by atoms with Crippen LogP contribution in [0.3, 0.4) is 0 Å². The number of esters is 1. The largest absolute Gasteiger partial charge is 0.464 e. The van der Waals surface area contributed by atoms with E-state index in [1.807, 2.05) is 25.1 Å². The van der Waals surface area contributed by atoms with E-state index >= 15 is 0 Å². The molecule has 0 bridgehead atoms. The molecule has 0 saturated carbocycles. The van der Waals surface area contributed by atoms with Crippen molar-refractivity contribution < 1.29 is 19.4 Å². The molecule has 0 atom stereocenters. The molecule has 0 aliphatic carbocycles. The van der Waals surface area contributed by atoms with Crippen LogP contribution >= 0.6 is 0 Å². The van der Waals surface area contributed by atoms with E-state index in [-0.39, 0.29) is 24.8 Å². The Morgan fingerprint density at radius 2 is 1.93 bits per heavy atom. The number of β-amino-alcohol motifs (C(OH)–C–C–N with tert-alkyl or cyclic N) is 1. The molecule has 27 heavy (non-hydrogen) atoms. The number of rotatable bonds is 6. The summed E-state index contributed by atoms with van der Waals surface area (Å²) in [6.45, 7) is 6.22. The molecule has 8 nitrogen and oxygen atoms in total. The van der Waals surface area contributed by atoms with Crippen LogP contribution in [0, 0.1) is 6.92 Å². The number of piperazine rings is 1. The zero-order valence-electron chi connectivity index (χ0n) is 15.7. The Bertz CT molecular complexity index is 824. The number of carbonyl (C=O) groups excluding carboxylic acids is 2. The predicted molar refractivity (Wildman–Crippen MR) is 103 cm³/mol. The number of aromatic nitrogens is 1. The van der Waals surface area contributed by atoms with E-state index in [2.05, 4.69) is 20.1 Å². The lowest BCUT2D eigenvalue weighted by atomic mass is 10.1. The van der Waals surface area contributed by atoms with E-state index in [0.717, 1.165) is 42.6 Å². The summed E-state index contributed by atoms with van der Waals surface area (Å²) >= 11 is 0. The summed E-state index contributed by atoms with van der Waals surface area (Å²) in [6, 6.07) is 5.76. The number of hydrogen-bond donors (Lipinski definition) is 3. The number of nitrogens with one attached hydrogen (secondary N) is 2. The molecule has 2 aromatic rings. The molecule has 0 unspecified atom stereocenters. The monoisotopic (exact) mass is 374 g/mol. The first kappa shape index (κ1) is 19.3. The van der Waals surface area contributed by atoms with Crippen LogP contribution in [0.15, 0.2) is 18.2 Å². The van der Waals surface area contributed by atoms with Crippen molar-refractivity contribution >= 4 is 28.5 Å². The first-order valence-electron chi connectivity index (χ1n) is 9.08. The molecule has 1 aromatic heterocycles. The maximum absolute atomic E-state index is 12.6. The molecular formula is C19H26N4O4. The number of aryl methyl sites for hydroxylation is 1. The number of aliphatic hydroxyl groups excluding tert-OH is 1. The summed E-state index contributed by atoms with van der Waals surface area (Å²) in [6.07, 6.45) is 0. The Hall–Kier alpha value is -2.42. The molecule has 0 radical (unpaired) electrons. The van der Waals surface area contributed by atoms with Crippen molar-refractivity contribution in [1.82, 2.24) is 14.8 Å². The van der Waals surface area contributed by atoms with E-state index in [1.165, 1.54) is 7.11 Å². The topological polar surface area (TPSA) is 97.9 Å². The molecule has 1 aliphatic heterocycles. The number of fused-ring (bicyclic) bond motifs is 1. The second-order valence-corrected chi connectivity index (χ2v) is 6.81. The van der Waals surface area contributed by atoms with Gasteiger partial charge in [0.2, 0.25) is 5.91 Å². The number of ether oxygens (including phenoxy) is 1. The lowest BCUT2D eigenvalue weighted by molar-refractivity contribution is -0.117. The maximum atomic E-state index is 12.6. The zero-order valence-corrected chi connectivity index (χ0v) is 15.7. The van der Waals surface area contributed by atoms with Gasteiger partial charge in [-0.05, 0) is 19.1 Å². The normalized spacial score (nSPS) is 15.8. The number of amides is 1. The third-order valence-corrected chi connectivity index (χ3v) is 4.86. The van der Waals surface area contributed by atoms with Crippen LogP contribution in [0.25, 0.3) is 10.9 Å². The number of anilines is 1. The Morgan fingerprint density at radius 3 is 2.59 bits per heavy atom. The van der Waals surface area contributed by atoms with Crippen LogP contribution < -0.4 is 5.32 Å². The van der Waals surface area contributed by atoms with Gasteiger partial charge < -0.3 is 20.1 Å². The lowest BCUT2D eigenvalue weighted by Crippen LogP contribution is -2.49. The summed E-state index contributed by atoms with van der Waals surface area (Å²) in [4.78, 5) is 32.0. The van der Waals surface area contributed by atoms with E-state index in [0.29, 0.717) is 12.2 Å². The van der Waals surface area contributed by atoms with Crippen LogP contribution in [0.5, 0.6) is 0 Å². The van der Waals surface area contributed by atoms with Crippen molar-refractivity contribution in [1.29, 1.82) is 0 Å². The summed E-state index contributed by atoms with van der Waals surface area (Å²) in [5.74, 6) is -0.685. The molecule has 0 spiro atoms. The van der Waals surface area contributed by atoms with Gasteiger partial charge in [-0.25, -0.2) is 4.79 Å². The average Bonchev–Trinajstić information content (AvgIpc) is 3.00. The van der Waals surface area contributed by atoms with Crippen molar-refractivity contribution in [3.05, 3.63) is 29.5 Å². The number of aromatic amines is 1. The molecule has 1 fully saturated rings. The van der Waals surface area contributed by atoms with E-state index in [4.69, 9.17) is 9.84 Å². The molecule has 2 heterocycles. The Labute approximate surface area is 158 Å². The van der Waals surface area contributed by atoms with Crippen LogP contribution in [-0.2, 0) is 9.53 Å². The third kappa shape index (κ3) is 4.47. The van der Waals surface area contributed by atoms with Gasteiger partial charge in [0.15, 0.2) is 0 Å². The highest BCUT2D eigenvalue weighted by atomic mass is 16.5. The smallest absolute Gasteiger partial charge is 0.356 e. The summed E-state index contributed by atoms with van der Waals surface area (Å²) < 4.78 is 4.85. The second-order valence-electron chi connectivity index (χ2n) is 6.81. The summed E-state index contributed by atoms with van der Waals surface area (Å²) in [5.41, 5.74) is 2.52. The predicted octanol–water partition coefficient (Wildman–Crippen LogP) is 0.811. The van der Waals surface area contributed by atoms with E-state index in [9.17, 15) is 9.59 Å². The van der Waals surface area contributed by atoms with Gasteiger partial charge in [0.05, 0.1) is 25.9 Å². The van der Waals surface area contributed by atoms with Crippen LogP contribution in [-0.4, -0.2) is 84.8 Å². The summed E-state index contributed by atoms with van der Waals surface area (Å²) in [7, 11) is 1.32. The van der Waals surface area contributed by atoms with Gasteiger partial charge in [0, 0.05) is 43.6 Å². The van der Waals surface area contributed by atoms with Gasteiger partial charge >= 0.3 is 5.97 Å². The number of methoxy groups -OCH3 is 1. The molecule has 146 valence electrons. The molecule has 1 saturated heterocycles. The average molecular weight is 374 g/mol. The van der Waals surface area contributed by atoms with Crippen molar-refractivity contribution in [3.63, 3.8) is 0 Å². The lowest BCUT2D eigenvalue weighted by Gasteiger charge is -2.33. The van der Waals surface area contributed by atoms with Crippen molar-refractivity contribution in [2.24, 2.45) is 0 Å². The number of H-pyrrole nitrogens is 1. The number of hydrogen-bond acceptors (Lipinski definition) is 6. The van der Waals surface area contributed by atoms with Gasteiger partial charge in [0.25, 0.3) is 0 Å². The molecule has 3 rings (SSSR count). The maximum Gasteiger partial charge on any atom is 0.356 e. The SMILES string of the molecule is COC(=O)c1[nH]c2ccc(C)cc2c1NC(=O)CN1CCN(CCO)CC1. The number of aliphatic hydroxyl groups is 1. The second kappa shape index (κ2) is 8.51. The molecule has 1 aromatic carbocycles. The first-order valence-corrected chi connectivity index (χ1v) is 9.08. The van der Waals surface area contributed by atoms with E-state index < -0.39 is 5.97 Å². The van der Waals surface area contributed by atoms with Crippen LogP contribution in [0.4, 0.5) is 5.69 Å². The van der Waals surface area contributed by atoms with E-state index in [1.54, 1.807) is 0 Å². The van der Waals surface area contributed by atoms with Crippen LogP contribution in [0.2, 0.25) is 0 Å². The number of benzene rings is 1. The zero-order chi connectivity index (χ0) is 19.4. The molecule has 1 amide bonds. The van der Waals surface area contributed by atoms with Crippen molar-refractivity contribution in [2.75, 3.05) is 58.3 Å². The Balaban J connectivity index is 1.72. The first-order chi connectivity index (χ1) is 13.0. The number of carbonyl (C=O) groups is 2. The van der Waals surface area contributed by atoms with Gasteiger partial charge in [-0.3, -0.25) is 14.6 Å². The molecular weight excluding hydrogens is 348 g/mol. The van der Waals surface area contributed by atoms with Gasteiger partial charge in [-0.2, -0.15) is 0 Å². The highest BCUT2D eigenvalue weighted by Gasteiger charge is 2.23. The minimum atomic E-state index is -0.517. The Morgan fingerprint density at radius 1 is 1.22 bits per heavy atom. The fourth-order valence-corrected chi connectivity index (χ4v) is 3.39. The fraction of sp³-hybridized carbons (Fsp3) is 0.474. The van der Waals surface area contributed by atoms with Crippen molar-refractivity contribution in [2.45, 2.75) is 6.92 Å². The molecule has 8 heteroatoms. The fourth-order valence-electron chi connectivity index (χ4n) is 3.39. The quantitative estimate of drug-likeness (QED) is 0.648. The highest BCUT2D eigenvalue weighted by molar-refractivity contribution is 6.11. The third-order valence-electron chi connectivity index (χ3n) is 4.86. The number of nitrogens with zero attached hydrogens (tertiary/aromatic N) is 2. The minimum absolute atomic E-state index is 0.150. The minimum Gasteiger partial charge on any atom is -0.464 e. The molecule has 1 aliphatic rings. The standard InChI is InChI=1S/C19H26N4O4/c1-13-3-4-15-14(11-13)17(18(20-15)19(26)27-2)21-16(25)12-23-7-5-22(6-8-23)9-10-24/h3-4,11,20,24H,5-10,12H2,1-2H3,(H,21,25). The summed E-state index contributed by atoms with van der Waals surface area (Å²) in [5, 5.41) is 12.7. The van der Waals surface area contributed by atoms with Gasteiger partial charge in [0.1, 0.15) is 5.69 Å². The van der Waals surface area contributed by atoms with Crippen LogP contribution in [0.1, 0.15) is 16.1 Å². The molecule has 3 N–H and O–H groups in total. The van der Waals surface area contributed by atoms with Crippen molar-refractivity contribution in [3.8, 4) is 0 Å². The Kier molecular flexibility index (Phi) is 6.10. The highest BCUT2D eigenvalue weighted by Crippen LogP contribution is 2.29. The van der Waals surface area contributed by atoms with Gasteiger partial charge in [-0.1, -0.05) is 11.6 Å².